The molecule has 0 unspecified atom stereocenters. The first kappa shape index (κ1) is 15.2. The molecule has 5 nitrogen and oxygen atoms in total. The van der Waals surface area contributed by atoms with E-state index in [1.165, 1.54) is 6.07 Å². The fourth-order valence-electron chi connectivity index (χ4n) is 2.40. The minimum atomic E-state index is -3.69. The highest BCUT2D eigenvalue weighted by molar-refractivity contribution is 5.76. The van der Waals surface area contributed by atoms with Crippen LogP contribution in [0, 0.1) is 0 Å². The Morgan fingerprint density at radius 3 is 2.70 bits per heavy atom. The van der Waals surface area contributed by atoms with Crippen molar-refractivity contribution in [2.45, 2.75) is 18.8 Å². The van der Waals surface area contributed by atoms with Crippen LogP contribution in [0.25, 0.3) is 11.1 Å². The van der Waals surface area contributed by atoms with E-state index in [0.29, 0.717) is 16.7 Å². The largest absolute Gasteiger partial charge is 0.586 e. The van der Waals surface area contributed by atoms with Crippen LogP contribution in [0.15, 0.2) is 42.5 Å². The quantitative estimate of drug-likeness (QED) is 0.904. The molecule has 0 fully saturated rings. The number of carboxylic acids is 1. The monoisotopic (exact) mass is 321 g/mol. The van der Waals surface area contributed by atoms with Gasteiger partial charge in [-0.25, -0.2) is 0 Å². The summed E-state index contributed by atoms with van der Waals surface area (Å²) < 4.78 is 35.5. The molecule has 3 N–H and O–H groups in total. The highest BCUT2D eigenvalue weighted by Crippen LogP contribution is 2.46. The Morgan fingerprint density at radius 2 is 1.96 bits per heavy atom. The van der Waals surface area contributed by atoms with Crippen LogP contribution in [0.1, 0.15) is 5.56 Å². The Hall–Kier alpha value is -2.67. The summed E-state index contributed by atoms with van der Waals surface area (Å²) in [7, 11) is 0. The molecule has 2 aromatic carbocycles. The molecule has 0 spiro atoms. The number of para-hydroxylation sites is 1. The number of aliphatic carboxylic acids is 1. The summed E-state index contributed by atoms with van der Waals surface area (Å²) >= 11 is 0. The van der Waals surface area contributed by atoms with Gasteiger partial charge in [0.15, 0.2) is 11.5 Å². The smallest absolute Gasteiger partial charge is 0.480 e. The van der Waals surface area contributed by atoms with Gasteiger partial charge in [-0.2, -0.15) is 0 Å². The minimum Gasteiger partial charge on any atom is -0.480 e. The zero-order valence-electron chi connectivity index (χ0n) is 11.8. The molecule has 1 aliphatic heterocycles. The zero-order valence-corrected chi connectivity index (χ0v) is 11.8. The Labute approximate surface area is 130 Å². The Morgan fingerprint density at radius 1 is 1.22 bits per heavy atom. The lowest BCUT2D eigenvalue weighted by molar-refractivity contribution is -0.286. The zero-order chi connectivity index (χ0) is 16.6. The van der Waals surface area contributed by atoms with Crippen LogP contribution < -0.4 is 15.2 Å². The van der Waals surface area contributed by atoms with Crippen molar-refractivity contribution in [1.82, 2.24) is 0 Å². The molecule has 3 rings (SSSR count). The van der Waals surface area contributed by atoms with E-state index in [2.05, 4.69) is 9.47 Å². The third kappa shape index (κ3) is 3.09. The van der Waals surface area contributed by atoms with Crippen LogP contribution in [-0.2, 0) is 11.2 Å². The molecular formula is C16H13F2NO4. The Balaban J connectivity index is 1.95. The second-order valence-electron chi connectivity index (χ2n) is 5.15. The third-order valence-corrected chi connectivity index (χ3v) is 3.44. The number of fused-ring (bicyclic) bond motifs is 1. The van der Waals surface area contributed by atoms with E-state index < -0.39 is 18.3 Å². The summed E-state index contributed by atoms with van der Waals surface area (Å²) in [6, 6.07) is 10.4. The van der Waals surface area contributed by atoms with Crippen molar-refractivity contribution >= 4 is 5.97 Å². The second kappa shape index (κ2) is 5.51. The molecule has 0 radical (unpaired) electrons. The van der Waals surface area contributed by atoms with Gasteiger partial charge in [-0.05, 0) is 23.6 Å². The lowest BCUT2D eigenvalue weighted by Crippen LogP contribution is -2.32. The van der Waals surface area contributed by atoms with E-state index in [9.17, 15) is 13.6 Å². The fraction of sp³-hybridized carbons (Fsp3) is 0.188. The van der Waals surface area contributed by atoms with E-state index >= 15 is 0 Å². The standard InChI is InChI=1S/C16H13F2NO4/c17-16(18)22-13-6-2-5-11(14(13)23-16)10-4-1-3-9(7-10)8-12(19)15(20)21/h1-7,12H,8,19H2,(H,20,21)/t12-/m1/s1. The van der Waals surface area contributed by atoms with Gasteiger partial charge in [-0.1, -0.05) is 36.4 Å². The van der Waals surface area contributed by atoms with Gasteiger partial charge in [0.2, 0.25) is 0 Å². The summed E-state index contributed by atoms with van der Waals surface area (Å²) in [5, 5.41) is 8.87. The molecule has 7 heteroatoms. The van der Waals surface area contributed by atoms with Gasteiger partial charge in [0.1, 0.15) is 6.04 Å². The number of carboxylic acid groups (broad SMARTS) is 1. The van der Waals surface area contributed by atoms with Gasteiger partial charge >= 0.3 is 12.3 Å². The van der Waals surface area contributed by atoms with Crippen molar-refractivity contribution in [3.05, 3.63) is 48.0 Å². The lowest BCUT2D eigenvalue weighted by atomic mass is 9.99. The van der Waals surface area contributed by atoms with Gasteiger partial charge in [0.25, 0.3) is 0 Å². The maximum atomic E-state index is 13.2. The molecule has 120 valence electrons. The minimum absolute atomic E-state index is 0.0415. The van der Waals surface area contributed by atoms with Crippen molar-refractivity contribution in [3.63, 3.8) is 0 Å². The molecule has 2 aromatic rings. The molecule has 0 bridgehead atoms. The van der Waals surface area contributed by atoms with Crippen molar-refractivity contribution < 1.29 is 28.2 Å². The van der Waals surface area contributed by atoms with Crippen LogP contribution in [0.5, 0.6) is 11.5 Å². The van der Waals surface area contributed by atoms with Crippen molar-refractivity contribution in [2.75, 3.05) is 0 Å². The van der Waals surface area contributed by atoms with Crippen molar-refractivity contribution in [2.24, 2.45) is 5.73 Å². The SMILES string of the molecule is N[C@H](Cc1cccc(-c2cccc3c2OC(F)(F)O3)c1)C(=O)O. The molecule has 0 aliphatic carbocycles. The molecule has 0 amide bonds. The molecule has 23 heavy (non-hydrogen) atoms. The molecule has 0 saturated carbocycles. The van der Waals surface area contributed by atoms with Gasteiger partial charge in [0, 0.05) is 5.56 Å². The summed E-state index contributed by atoms with van der Waals surface area (Å²) in [6.45, 7) is 0. The van der Waals surface area contributed by atoms with Gasteiger partial charge in [0.05, 0.1) is 0 Å². The molecule has 0 saturated heterocycles. The maximum Gasteiger partial charge on any atom is 0.586 e. The van der Waals surface area contributed by atoms with E-state index in [1.807, 2.05) is 0 Å². The average molecular weight is 321 g/mol. The van der Waals surface area contributed by atoms with Crippen molar-refractivity contribution in [3.8, 4) is 22.6 Å². The summed E-state index contributed by atoms with van der Waals surface area (Å²) in [4.78, 5) is 10.8. The first-order valence-corrected chi connectivity index (χ1v) is 6.82. The molecule has 1 heterocycles. The van der Waals surface area contributed by atoms with Gasteiger partial charge in [-0.15, -0.1) is 8.78 Å². The van der Waals surface area contributed by atoms with E-state index in [0.717, 1.165) is 0 Å². The van der Waals surface area contributed by atoms with E-state index in [1.54, 1.807) is 36.4 Å². The van der Waals surface area contributed by atoms with Crippen LogP contribution in [0.3, 0.4) is 0 Å². The second-order valence-corrected chi connectivity index (χ2v) is 5.15. The maximum absolute atomic E-state index is 13.2. The summed E-state index contributed by atoms with van der Waals surface area (Å²) in [5.41, 5.74) is 7.25. The van der Waals surface area contributed by atoms with Crippen LogP contribution >= 0.6 is 0 Å². The van der Waals surface area contributed by atoms with Crippen LogP contribution in [-0.4, -0.2) is 23.4 Å². The number of alkyl halides is 2. The number of halogens is 2. The summed E-state index contributed by atoms with van der Waals surface area (Å²) in [5.74, 6) is -1.19. The number of rotatable bonds is 4. The van der Waals surface area contributed by atoms with Crippen LogP contribution in [0.4, 0.5) is 8.78 Å². The molecular weight excluding hydrogens is 308 g/mol. The number of benzene rings is 2. The third-order valence-electron chi connectivity index (χ3n) is 3.44. The van der Waals surface area contributed by atoms with E-state index in [-0.39, 0.29) is 17.9 Å². The highest BCUT2D eigenvalue weighted by atomic mass is 19.3. The Kier molecular flexibility index (Phi) is 3.65. The molecule has 1 aliphatic rings. The molecule has 0 aromatic heterocycles. The predicted molar refractivity (Wildman–Crippen MR) is 77.4 cm³/mol. The fourth-order valence-corrected chi connectivity index (χ4v) is 2.40. The number of hydrogen-bond acceptors (Lipinski definition) is 4. The number of carbonyl (C=O) groups is 1. The van der Waals surface area contributed by atoms with E-state index in [4.69, 9.17) is 10.8 Å². The lowest BCUT2D eigenvalue weighted by Gasteiger charge is -2.10. The van der Waals surface area contributed by atoms with Gasteiger partial charge in [-0.3, -0.25) is 4.79 Å². The predicted octanol–water partition coefficient (Wildman–Crippen LogP) is 2.63. The normalized spacial score (nSPS) is 16.1. The Bertz CT molecular complexity index is 763. The molecule has 1 atom stereocenters. The average Bonchev–Trinajstić information content (AvgIpc) is 2.80. The highest BCUT2D eigenvalue weighted by Gasteiger charge is 2.44. The number of ether oxygens (including phenoxy) is 2. The van der Waals surface area contributed by atoms with Crippen molar-refractivity contribution in [1.29, 1.82) is 0 Å². The first-order valence-electron chi connectivity index (χ1n) is 6.82. The first-order chi connectivity index (χ1) is 10.9. The van der Waals surface area contributed by atoms with Gasteiger partial charge < -0.3 is 20.3 Å². The van der Waals surface area contributed by atoms with Crippen LogP contribution in [0.2, 0.25) is 0 Å². The number of nitrogens with two attached hydrogens (primary N) is 1. The topological polar surface area (TPSA) is 81.8 Å². The summed E-state index contributed by atoms with van der Waals surface area (Å²) in [6.07, 6.45) is -3.56. The number of hydrogen-bond donors (Lipinski definition) is 2.